The van der Waals surface area contributed by atoms with Crippen molar-refractivity contribution in [2.75, 3.05) is 12.4 Å². The number of hydrogen-bond donors (Lipinski definition) is 3. The molecule has 190 valence electrons. The molecule has 0 heterocycles. The fraction of sp³-hybridized carbons (Fsp3) is 0.792. The van der Waals surface area contributed by atoms with E-state index in [1.807, 2.05) is 6.92 Å². The molecule has 1 unspecified atom stereocenters. The van der Waals surface area contributed by atoms with Gasteiger partial charge in [-0.3, -0.25) is 18.9 Å². The molecule has 3 N–H and O–H groups in total. The van der Waals surface area contributed by atoms with Gasteiger partial charge in [0.1, 0.15) is 5.60 Å². The molecule has 34 heavy (non-hydrogen) atoms. The Labute approximate surface area is 199 Å². The topological polar surface area (TPSA) is 155 Å². The first-order chi connectivity index (χ1) is 15.7. The lowest BCUT2D eigenvalue weighted by Gasteiger charge is -2.60. The van der Waals surface area contributed by atoms with Crippen LogP contribution in [0.3, 0.4) is 0 Å². The number of ketones is 2. The molecule has 0 radical (unpaired) electrons. The number of carbonyl (C=O) groups excluding carboxylic acids is 3. The van der Waals surface area contributed by atoms with Gasteiger partial charge in [0.15, 0.2) is 12.4 Å². The second-order valence-corrected chi connectivity index (χ2v) is 12.7. The molecule has 0 bridgehead atoms. The summed E-state index contributed by atoms with van der Waals surface area (Å²) in [5.41, 5.74) is -1.83. The number of aliphatic hydroxyl groups is 2. The first-order valence-corrected chi connectivity index (χ1v) is 13.6. The van der Waals surface area contributed by atoms with Crippen LogP contribution in [0.25, 0.3) is 0 Å². The van der Waals surface area contributed by atoms with Crippen LogP contribution in [0.4, 0.5) is 0 Å². The standard InChI is InChI=1S/C24H34O9S/c1-22-8-5-15(25)11-14(22)3-4-16-17-6-9-24(29,23(17,2)12-18(26)21(16)22)19(27)13-33-20(28)7-10-34(30,31)32/h11,16-18,21,26,29H,3-10,12-13H2,1-2H3,(H,30,31,32)/t16-,17-,18?,21+,22-,23-,24-/m0/s1. The van der Waals surface area contributed by atoms with E-state index < -0.39 is 57.8 Å². The molecule has 0 amide bonds. The molecule has 7 atom stereocenters. The number of aliphatic hydroxyl groups excluding tert-OH is 1. The molecule has 0 aliphatic heterocycles. The lowest BCUT2D eigenvalue weighted by atomic mass is 9.45. The minimum Gasteiger partial charge on any atom is -0.458 e. The third kappa shape index (κ3) is 4.06. The Hall–Kier alpha value is -1.62. The van der Waals surface area contributed by atoms with Gasteiger partial charge in [-0.05, 0) is 67.8 Å². The lowest BCUT2D eigenvalue weighted by Crippen LogP contribution is -2.62. The van der Waals surface area contributed by atoms with Gasteiger partial charge in [-0.1, -0.05) is 19.4 Å². The molecule has 0 aromatic carbocycles. The van der Waals surface area contributed by atoms with Gasteiger partial charge >= 0.3 is 5.97 Å². The summed E-state index contributed by atoms with van der Waals surface area (Å²) < 4.78 is 35.3. The highest BCUT2D eigenvalue weighted by Crippen LogP contribution is 2.67. The van der Waals surface area contributed by atoms with Crippen molar-refractivity contribution in [3.8, 4) is 0 Å². The Bertz CT molecular complexity index is 1030. The van der Waals surface area contributed by atoms with Crippen LogP contribution in [0.15, 0.2) is 11.6 Å². The van der Waals surface area contributed by atoms with E-state index in [2.05, 4.69) is 6.92 Å². The molecule has 3 saturated carbocycles. The maximum absolute atomic E-state index is 13.1. The van der Waals surface area contributed by atoms with Crippen LogP contribution in [-0.4, -0.2) is 64.8 Å². The van der Waals surface area contributed by atoms with Crippen LogP contribution in [0, 0.1) is 28.6 Å². The number of allylic oxidation sites excluding steroid dienone is 1. The summed E-state index contributed by atoms with van der Waals surface area (Å²) in [6.07, 6.45) is 4.16. The molecule has 4 rings (SSSR count). The quantitative estimate of drug-likeness (QED) is 0.366. The molecule has 0 spiro atoms. The largest absolute Gasteiger partial charge is 0.458 e. The SMILES string of the molecule is C[C@]12CCC(=O)C=C1CC[C@@H]1[C@@H]2C(O)C[C@@]2(C)[C@H]1CC[C@]2(O)C(=O)COC(=O)CCS(=O)(=O)O. The number of carbonyl (C=O) groups is 3. The number of fused-ring (bicyclic) bond motifs is 5. The number of ether oxygens (including phenoxy) is 1. The van der Waals surface area contributed by atoms with E-state index in [0.717, 1.165) is 18.4 Å². The summed E-state index contributed by atoms with van der Waals surface area (Å²) in [4.78, 5) is 36.9. The number of esters is 1. The highest BCUT2D eigenvalue weighted by molar-refractivity contribution is 7.85. The van der Waals surface area contributed by atoms with Gasteiger partial charge < -0.3 is 14.9 Å². The maximum Gasteiger partial charge on any atom is 0.307 e. The van der Waals surface area contributed by atoms with Crippen LogP contribution in [0.1, 0.15) is 65.2 Å². The summed E-state index contributed by atoms with van der Waals surface area (Å²) in [7, 11) is -4.33. The van der Waals surface area contributed by atoms with Crippen molar-refractivity contribution in [1.82, 2.24) is 0 Å². The van der Waals surface area contributed by atoms with Gasteiger partial charge in [-0.15, -0.1) is 0 Å². The molecule has 4 aliphatic carbocycles. The molecule has 0 aromatic rings. The number of hydrogen-bond acceptors (Lipinski definition) is 8. The molecular weight excluding hydrogens is 464 g/mol. The van der Waals surface area contributed by atoms with Crippen LogP contribution in [0.5, 0.6) is 0 Å². The second kappa shape index (κ2) is 8.50. The number of rotatable bonds is 6. The van der Waals surface area contributed by atoms with Crippen molar-refractivity contribution in [2.45, 2.75) is 76.9 Å². The summed E-state index contributed by atoms with van der Waals surface area (Å²) in [5.74, 6) is -2.23. The lowest BCUT2D eigenvalue weighted by molar-refractivity contribution is -0.184. The Morgan fingerprint density at radius 3 is 2.56 bits per heavy atom. The Morgan fingerprint density at radius 1 is 1.18 bits per heavy atom. The maximum atomic E-state index is 13.1. The fourth-order valence-corrected chi connectivity index (χ4v) is 8.12. The van der Waals surface area contributed by atoms with E-state index in [9.17, 15) is 33.0 Å². The van der Waals surface area contributed by atoms with Crippen LogP contribution in [-0.2, 0) is 29.2 Å². The van der Waals surface area contributed by atoms with E-state index in [0.29, 0.717) is 19.3 Å². The molecule has 0 saturated heterocycles. The summed E-state index contributed by atoms with van der Waals surface area (Å²) in [5, 5.41) is 22.9. The van der Waals surface area contributed by atoms with Crippen LogP contribution < -0.4 is 0 Å². The average Bonchev–Trinajstić information content (AvgIpc) is 3.01. The van der Waals surface area contributed by atoms with E-state index in [-0.39, 0.29) is 41.8 Å². The zero-order valence-corrected chi connectivity index (χ0v) is 20.5. The van der Waals surface area contributed by atoms with E-state index >= 15 is 0 Å². The van der Waals surface area contributed by atoms with Gasteiger partial charge in [0.25, 0.3) is 10.1 Å². The van der Waals surface area contributed by atoms with E-state index in [1.54, 1.807) is 6.08 Å². The number of Topliss-reactive ketones (excluding diaryl/α,β-unsaturated/α-hetero) is 1. The first kappa shape index (κ1) is 25.5. The zero-order chi connectivity index (χ0) is 25.1. The predicted molar refractivity (Wildman–Crippen MR) is 120 cm³/mol. The third-order valence-corrected chi connectivity index (χ3v) is 10.2. The van der Waals surface area contributed by atoms with Gasteiger partial charge in [0.05, 0.1) is 18.3 Å². The normalized spacial score (nSPS) is 41.7. The van der Waals surface area contributed by atoms with E-state index in [1.165, 1.54) is 0 Å². The van der Waals surface area contributed by atoms with Crippen LogP contribution in [0.2, 0.25) is 0 Å². The minimum absolute atomic E-state index is 0.00101. The third-order valence-electron chi connectivity index (χ3n) is 9.44. The van der Waals surface area contributed by atoms with Gasteiger partial charge in [0.2, 0.25) is 5.78 Å². The molecule has 4 aliphatic rings. The van der Waals surface area contributed by atoms with Gasteiger partial charge in [-0.2, -0.15) is 8.42 Å². The van der Waals surface area contributed by atoms with Crippen molar-refractivity contribution < 1.29 is 42.3 Å². The molecule has 0 aromatic heterocycles. The first-order valence-electron chi connectivity index (χ1n) is 12.0. The Morgan fingerprint density at radius 2 is 1.88 bits per heavy atom. The summed E-state index contributed by atoms with van der Waals surface area (Å²) >= 11 is 0. The van der Waals surface area contributed by atoms with Crippen molar-refractivity contribution >= 4 is 27.7 Å². The van der Waals surface area contributed by atoms with E-state index in [4.69, 9.17) is 9.29 Å². The van der Waals surface area contributed by atoms with Crippen molar-refractivity contribution in [3.63, 3.8) is 0 Å². The monoisotopic (exact) mass is 498 g/mol. The smallest absolute Gasteiger partial charge is 0.307 e. The highest BCUT2D eigenvalue weighted by Gasteiger charge is 2.68. The predicted octanol–water partition coefficient (Wildman–Crippen LogP) is 1.61. The zero-order valence-electron chi connectivity index (χ0n) is 19.7. The minimum atomic E-state index is -4.33. The summed E-state index contributed by atoms with van der Waals surface area (Å²) in [6.45, 7) is 3.27. The van der Waals surface area contributed by atoms with Crippen molar-refractivity contribution in [3.05, 3.63) is 11.6 Å². The van der Waals surface area contributed by atoms with Gasteiger partial charge in [-0.25, -0.2) is 0 Å². The van der Waals surface area contributed by atoms with Gasteiger partial charge in [0, 0.05) is 11.8 Å². The fourth-order valence-electron chi connectivity index (χ4n) is 7.70. The molecular formula is C24H34O9S. The molecule has 9 nitrogen and oxygen atoms in total. The average molecular weight is 499 g/mol. The molecule has 3 fully saturated rings. The van der Waals surface area contributed by atoms with Crippen molar-refractivity contribution in [1.29, 1.82) is 0 Å². The molecule has 10 heteroatoms. The van der Waals surface area contributed by atoms with Crippen molar-refractivity contribution in [2.24, 2.45) is 28.6 Å². The second-order valence-electron chi connectivity index (χ2n) is 11.1. The van der Waals surface area contributed by atoms with Crippen LogP contribution >= 0.6 is 0 Å². The highest BCUT2D eigenvalue weighted by atomic mass is 32.2. The Kier molecular flexibility index (Phi) is 6.37. The summed E-state index contributed by atoms with van der Waals surface area (Å²) in [6, 6.07) is 0. The Balaban J connectivity index is 1.51.